The Hall–Kier alpha value is -0.320. The second-order valence-electron chi connectivity index (χ2n) is 4.22. The molecule has 18 heavy (non-hydrogen) atoms. The van der Waals surface area contributed by atoms with E-state index in [2.05, 4.69) is 40.9 Å². The minimum Gasteiger partial charge on any atom is -0.348 e. The molecule has 0 aliphatic heterocycles. The van der Waals surface area contributed by atoms with Crippen LogP contribution < -0.4 is 4.90 Å². The molecule has 0 atom stereocenters. The first kappa shape index (κ1) is 15.7. The second-order valence-corrected chi connectivity index (χ2v) is 5.32. The lowest BCUT2D eigenvalue weighted by Gasteiger charge is -2.23. The maximum Gasteiger partial charge on any atom is 0.185 e. The Balaban J connectivity index is 2.42. The normalized spacial score (nSPS) is 11.2. The van der Waals surface area contributed by atoms with Crippen LogP contribution in [0.2, 0.25) is 0 Å². The van der Waals surface area contributed by atoms with E-state index < -0.39 is 0 Å². The smallest absolute Gasteiger partial charge is 0.185 e. The molecule has 1 aromatic heterocycles. The largest absolute Gasteiger partial charge is 0.348 e. The van der Waals surface area contributed by atoms with Crippen LogP contribution in [0.3, 0.4) is 0 Å². The molecule has 3 nitrogen and oxygen atoms in total. The first-order valence-electron chi connectivity index (χ1n) is 6.72. The van der Waals surface area contributed by atoms with Gasteiger partial charge in [0.15, 0.2) is 5.13 Å². The summed E-state index contributed by atoms with van der Waals surface area (Å²) in [4.78, 5) is 9.33. The minimum atomic E-state index is 0.507. The lowest BCUT2D eigenvalue weighted by molar-refractivity contribution is 0.301. The summed E-state index contributed by atoms with van der Waals surface area (Å²) in [6, 6.07) is 0. The minimum absolute atomic E-state index is 0.507. The highest BCUT2D eigenvalue weighted by atomic mass is 35.5. The molecule has 1 heterocycles. The van der Waals surface area contributed by atoms with Crippen molar-refractivity contribution in [3.8, 4) is 0 Å². The summed E-state index contributed by atoms with van der Waals surface area (Å²) in [5.41, 5.74) is 0.985. The molecule has 5 heteroatoms. The number of nitrogens with zero attached hydrogens (tertiary/aromatic N) is 3. The van der Waals surface area contributed by atoms with Gasteiger partial charge in [-0.15, -0.1) is 22.9 Å². The van der Waals surface area contributed by atoms with Gasteiger partial charge in [-0.1, -0.05) is 13.8 Å². The molecule has 0 spiro atoms. The lowest BCUT2D eigenvalue weighted by atomic mass is 10.3. The van der Waals surface area contributed by atoms with Crippen LogP contribution in [-0.2, 0) is 5.88 Å². The highest BCUT2D eigenvalue weighted by Gasteiger charge is 2.09. The fraction of sp³-hybridized carbons (Fsp3) is 0.769. The average molecular weight is 290 g/mol. The van der Waals surface area contributed by atoms with Crippen molar-refractivity contribution in [2.45, 2.75) is 33.1 Å². The number of halogens is 1. The van der Waals surface area contributed by atoms with Crippen LogP contribution in [0.5, 0.6) is 0 Å². The van der Waals surface area contributed by atoms with Gasteiger partial charge in [0.05, 0.1) is 11.6 Å². The Kier molecular flexibility index (Phi) is 7.63. The summed E-state index contributed by atoms with van der Waals surface area (Å²) < 4.78 is 0. The molecule has 1 aromatic rings. The molecule has 0 aliphatic rings. The molecule has 0 aromatic carbocycles. The van der Waals surface area contributed by atoms with Crippen LogP contribution in [0.1, 0.15) is 32.9 Å². The molecule has 0 unspecified atom stereocenters. The van der Waals surface area contributed by atoms with Crippen molar-refractivity contribution < 1.29 is 0 Å². The summed E-state index contributed by atoms with van der Waals surface area (Å²) in [6.45, 7) is 12.1. The van der Waals surface area contributed by atoms with Gasteiger partial charge in [-0.3, -0.25) is 0 Å². The molecule has 0 fully saturated rings. The first-order valence-corrected chi connectivity index (χ1v) is 8.14. The second kappa shape index (κ2) is 8.73. The third-order valence-electron chi connectivity index (χ3n) is 3.13. The molecule has 0 radical (unpaired) electrons. The number of alkyl halides is 1. The van der Waals surface area contributed by atoms with Crippen molar-refractivity contribution >= 4 is 28.1 Å². The molecule has 0 bridgehead atoms. The third-order valence-corrected chi connectivity index (χ3v) is 4.35. The van der Waals surface area contributed by atoms with Gasteiger partial charge >= 0.3 is 0 Å². The fourth-order valence-corrected chi connectivity index (χ4v) is 3.06. The van der Waals surface area contributed by atoms with Crippen LogP contribution in [-0.4, -0.2) is 42.6 Å². The Morgan fingerprint density at radius 3 is 2.39 bits per heavy atom. The highest BCUT2D eigenvalue weighted by molar-refractivity contribution is 7.13. The van der Waals surface area contributed by atoms with Gasteiger partial charge in [-0.05, 0) is 33.0 Å². The summed E-state index contributed by atoms with van der Waals surface area (Å²) >= 11 is 7.48. The molecule has 0 aliphatic carbocycles. The van der Waals surface area contributed by atoms with E-state index in [1.165, 1.54) is 6.42 Å². The van der Waals surface area contributed by atoms with Crippen molar-refractivity contribution in [1.29, 1.82) is 0 Å². The Bertz CT molecular complexity index is 326. The Morgan fingerprint density at radius 2 is 1.89 bits per heavy atom. The first-order chi connectivity index (χ1) is 8.74. The Labute approximate surface area is 120 Å². The van der Waals surface area contributed by atoms with Crippen molar-refractivity contribution in [1.82, 2.24) is 9.88 Å². The molecule has 0 saturated carbocycles. The molecule has 0 saturated heterocycles. The van der Waals surface area contributed by atoms with E-state index >= 15 is 0 Å². The van der Waals surface area contributed by atoms with Gasteiger partial charge < -0.3 is 9.80 Å². The summed E-state index contributed by atoms with van der Waals surface area (Å²) in [5.74, 6) is 0.507. The zero-order valence-electron chi connectivity index (χ0n) is 11.7. The van der Waals surface area contributed by atoms with Gasteiger partial charge in [0, 0.05) is 18.5 Å². The zero-order chi connectivity index (χ0) is 13.4. The predicted molar refractivity (Wildman–Crippen MR) is 82.0 cm³/mol. The topological polar surface area (TPSA) is 19.4 Å². The SMILES string of the molecule is CCN(CC)CCCN(CC)c1nc(CCl)cs1. The van der Waals surface area contributed by atoms with E-state index in [1.807, 2.05) is 0 Å². The van der Waals surface area contributed by atoms with Crippen molar-refractivity contribution in [2.24, 2.45) is 0 Å². The number of hydrogen-bond donors (Lipinski definition) is 0. The van der Waals surface area contributed by atoms with Crippen LogP contribution in [0, 0.1) is 0 Å². The van der Waals surface area contributed by atoms with Crippen LogP contribution >= 0.6 is 22.9 Å². The van der Waals surface area contributed by atoms with E-state index in [4.69, 9.17) is 11.6 Å². The number of aromatic nitrogens is 1. The molecule has 1 rings (SSSR count). The molecular formula is C13H24ClN3S. The van der Waals surface area contributed by atoms with E-state index in [9.17, 15) is 0 Å². The lowest BCUT2D eigenvalue weighted by Crippen LogP contribution is -2.29. The summed E-state index contributed by atoms with van der Waals surface area (Å²) in [7, 11) is 0. The van der Waals surface area contributed by atoms with Gasteiger partial charge in [0.1, 0.15) is 0 Å². The van der Waals surface area contributed by atoms with E-state index in [0.717, 1.165) is 43.5 Å². The average Bonchev–Trinajstić information content (AvgIpc) is 2.88. The van der Waals surface area contributed by atoms with Crippen LogP contribution in [0.15, 0.2) is 5.38 Å². The maximum absolute atomic E-state index is 5.79. The molecular weight excluding hydrogens is 266 g/mol. The Morgan fingerprint density at radius 1 is 1.17 bits per heavy atom. The molecule has 104 valence electrons. The van der Waals surface area contributed by atoms with Crippen LogP contribution in [0.25, 0.3) is 0 Å². The quantitative estimate of drug-likeness (QED) is 0.649. The predicted octanol–water partition coefficient (Wildman–Crippen LogP) is 3.44. The number of rotatable bonds is 9. The summed E-state index contributed by atoms with van der Waals surface area (Å²) in [5, 5.41) is 3.16. The zero-order valence-corrected chi connectivity index (χ0v) is 13.2. The summed E-state index contributed by atoms with van der Waals surface area (Å²) in [6.07, 6.45) is 1.19. The third kappa shape index (κ3) is 4.75. The number of hydrogen-bond acceptors (Lipinski definition) is 4. The molecule has 0 N–H and O–H groups in total. The molecule has 0 amide bonds. The maximum atomic E-state index is 5.79. The van der Waals surface area contributed by atoms with Gasteiger partial charge in [-0.25, -0.2) is 4.98 Å². The standard InChI is InChI=1S/C13H24ClN3S/c1-4-16(5-2)8-7-9-17(6-3)13-15-12(10-14)11-18-13/h11H,4-10H2,1-3H3. The monoisotopic (exact) mass is 289 g/mol. The van der Waals surface area contributed by atoms with Gasteiger partial charge in [0.25, 0.3) is 0 Å². The van der Waals surface area contributed by atoms with Gasteiger partial charge in [-0.2, -0.15) is 0 Å². The van der Waals surface area contributed by atoms with Crippen LogP contribution in [0.4, 0.5) is 5.13 Å². The number of thiazole rings is 1. The van der Waals surface area contributed by atoms with Crippen molar-refractivity contribution in [3.05, 3.63) is 11.1 Å². The van der Waals surface area contributed by atoms with E-state index in [-0.39, 0.29) is 0 Å². The number of anilines is 1. The van der Waals surface area contributed by atoms with Crippen molar-refractivity contribution in [3.63, 3.8) is 0 Å². The fourth-order valence-electron chi connectivity index (χ4n) is 1.92. The van der Waals surface area contributed by atoms with Gasteiger partial charge in [0.2, 0.25) is 0 Å². The van der Waals surface area contributed by atoms with Crippen molar-refractivity contribution in [2.75, 3.05) is 37.6 Å². The highest BCUT2D eigenvalue weighted by Crippen LogP contribution is 2.21. The van der Waals surface area contributed by atoms with E-state index in [0.29, 0.717) is 5.88 Å². The van der Waals surface area contributed by atoms with E-state index in [1.54, 1.807) is 11.3 Å².